The van der Waals surface area contributed by atoms with E-state index in [1.807, 2.05) is 0 Å². The van der Waals surface area contributed by atoms with Crippen LogP contribution in [-0.4, -0.2) is 48.0 Å². The molecule has 2 saturated heterocycles. The molecule has 1 atom stereocenters. The molecule has 4 aliphatic rings. The van der Waals surface area contributed by atoms with Crippen LogP contribution >= 0.6 is 0 Å². The molecule has 1 aromatic carbocycles. The lowest BCUT2D eigenvalue weighted by Crippen LogP contribution is -2.52. The van der Waals surface area contributed by atoms with Crippen molar-refractivity contribution in [3.8, 4) is 0 Å². The molecule has 1 spiro atoms. The van der Waals surface area contributed by atoms with Crippen molar-refractivity contribution < 1.29 is 13.6 Å². The maximum absolute atomic E-state index is 14.1. The Bertz CT molecular complexity index is 843. The summed E-state index contributed by atoms with van der Waals surface area (Å²) in [5.41, 5.74) is -0.402. The third-order valence-corrected chi connectivity index (χ3v) is 7.61. The Morgan fingerprint density at radius 2 is 1.68 bits per heavy atom. The molecule has 2 aliphatic heterocycles. The minimum absolute atomic E-state index is 0.226. The van der Waals surface area contributed by atoms with Gasteiger partial charge in [0.1, 0.15) is 23.0 Å². The molecule has 4 fully saturated rings. The van der Waals surface area contributed by atoms with Crippen LogP contribution in [0, 0.1) is 17.6 Å². The minimum Gasteiger partial charge on any atom is -0.300 e. The van der Waals surface area contributed by atoms with E-state index >= 15 is 0 Å². The Morgan fingerprint density at radius 3 is 2.39 bits per heavy atom. The maximum atomic E-state index is 14.1. The third kappa shape index (κ3) is 4.09. The summed E-state index contributed by atoms with van der Waals surface area (Å²) in [5.74, 6) is 0.0526. The summed E-state index contributed by atoms with van der Waals surface area (Å²) in [6.07, 6.45) is 11.6. The molecule has 0 aromatic heterocycles. The normalized spacial score (nSPS) is 29.5. The second-order valence-electron chi connectivity index (χ2n) is 9.83. The number of halogens is 2. The highest BCUT2D eigenvalue weighted by atomic mass is 19.1. The average molecular weight is 431 g/mol. The van der Waals surface area contributed by atoms with Crippen molar-refractivity contribution >= 4 is 17.6 Å². The zero-order valence-electron chi connectivity index (χ0n) is 18.1. The lowest BCUT2D eigenvalue weighted by Gasteiger charge is -2.34. The summed E-state index contributed by atoms with van der Waals surface area (Å²) in [6.45, 7) is 2.55. The highest BCUT2D eigenvalue weighted by molar-refractivity contribution is 6.19. The number of amidine groups is 1. The number of nitrogens with one attached hydrogen (secondary N) is 1. The first kappa shape index (κ1) is 20.9. The first-order chi connectivity index (χ1) is 15.0. The van der Waals surface area contributed by atoms with Crippen LogP contribution in [0.2, 0.25) is 0 Å². The SMILES string of the molecule is O=C1NC(=NC2CCCC2)C2(CCN(CC3CCCCC3)C2)N1c1cc(F)cc(F)c1. The van der Waals surface area contributed by atoms with Crippen LogP contribution in [0.1, 0.15) is 64.2 Å². The Hall–Kier alpha value is -2.02. The Balaban J connectivity index is 1.47. The van der Waals surface area contributed by atoms with E-state index in [0.29, 0.717) is 18.3 Å². The van der Waals surface area contributed by atoms with Gasteiger partial charge in [-0.05, 0) is 50.2 Å². The van der Waals surface area contributed by atoms with E-state index in [-0.39, 0.29) is 17.8 Å². The quantitative estimate of drug-likeness (QED) is 0.742. The van der Waals surface area contributed by atoms with Crippen molar-refractivity contribution in [3.63, 3.8) is 0 Å². The fraction of sp³-hybridized carbons (Fsp3) is 0.667. The number of likely N-dealkylation sites (tertiary alicyclic amines) is 1. The van der Waals surface area contributed by atoms with Crippen LogP contribution in [0.15, 0.2) is 23.2 Å². The van der Waals surface area contributed by atoms with Crippen molar-refractivity contribution in [2.45, 2.75) is 75.8 Å². The summed E-state index contributed by atoms with van der Waals surface area (Å²) in [7, 11) is 0. The van der Waals surface area contributed by atoms with Crippen LogP contribution in [0.25, 0.3) is 0 Å². The predicted octanol–water partition coefficient (Wildman–Crippen LogP) is 4.86. The van der Waals surface area contributed by atoms with Gasteiger partial charge < -0.3 is 4.90 Å². The molecule has 2 saturated carbocycles. The molecule has 168 valence electrons. The van der Waals surface area contributed by atoms with Crippen molar-refractivity contribution in [2.24, 2.45) is 10.9 Å². The van der Waals surface area contributed by atoms with Gasteiger partial charge in [0.25, 0.3) is 0 Å². The Labute approximate surface area is 182 Å². The van der Waals surface area contributed by atoms with E-state index in [0.717, 1.165) is 51.3 Å². The standard InChI is InChI=1S/C24H32F2N4O/c25-18-12-19(26)14-21(13-18)30-23(31)28-22(27-20-8-4-5-9-20)24(30)10-11-29(16-24)15-17-6-2-1-3-7-17/h12-14,17,20H,1-11,15-16H2,(H,27,28,31). The molecular weight excluding hydrogens is 398 g/mol. The number of aliphatic imine (C=N–C) groups is 1. The van der Waals surface area contributed by atoms with Crippen LogP contribution in [0.3, 0.4) is 0 Å². The van der Waals surface area contributed by atoms with Gasteiger partial charge in [-0.2, -0.15) is 0 Å². The summed E-state index contributed by atoms with van der Waals surface area (Å²) < 4.78 is 28.1. The topological polar surface area (TPSA) is 47.9 Å². The van der Waals surface area contributed by atoms with Gasteiger partial charge in [0.2, 0.25) is 0 Å². The number of amides is 2. The molecule has 1 unspecified atom stereocenters. The number of rotatable bonds is 4. The largest absolute Gasteiger partial charge is 0.328 e. The van der Waals surface area contributed by atoms with Gasteiger partial charge >= 0.3 is 6.03 Å². The molecule has 1 N–H and O–H groups in total. The molecule has 2 heterocycles. The number of anilines is 1. The number of hydrogen-bond donors (Lipinski definition) is 1. The first-order valence-corrected chi connectivity index (χ1v) is 11.9. The van der Waals surface area contributed by atoms with Gasteiger partial charge in [-0.1, -0.05) is 32.1 Å². The molecule has 7 heteroatoms. The van der Waals surface area contributed by atoms with Crippen molar-refractivity contribution in [2.75, 3.05) is 24.5 Å². The Morgan fingerprint density at radius 1 is 1.00 bits per heavy atom. The van der Waals surface area contributed by atoms with E-state index in [4.69, 9.17) is 4.99 Å². The second-order valence-corrected chi connectivity index (χ2v) is 9.83. The van der Waals surface area contributed by atoms with Crippen LogP contribution < -0.4 is 10.2 Å². The summed E-state index contributed by atoms with van der Waals surface area (Å²) in [6, 6.07) is 3.26. The number of nitrogens with zero attached hydrogens (tertiary/aromatic N) is 3. The molecule has 31 heavy (non-hydrogen) atoms. The number of hydrogen-bond acceptors (Lipinski definition) is 3. The zero-order chi connectivity index (χ0) is 21.4. The lowest BCUT2D eigenvalue weighted by molar-refractivity contribution is 0.228. The van der Waals surface area contributed by atoms with E-state index in [1.165, 1.54) is 44.2 Å². The lowest BCUT2D eigenvalue weighted by atomic mass is 9.89. The molecule has 0 radical (unpaired) electrons. The zero-order valence-corrected chi connectivity index (χ0v) is 18.1. The maximum Gasteiger partial charge on any atom is 0.328 e. The fourth-order valence-electron chi connectivity index (χ4n) is 6.11. The minimum atomic E-state index is -0.672. The summed E-state index contributed by atoms with van der Waals surface area (Å²) in [4.78, 5) is 22.1. The van der Waals surface area contributed by atoms with E-state index in [9.17, 15) is 13.6 Å². The molecular formula is C24H32F2N4O. The van der Waals surface area contributed by atoms with Crippen molar-refractivity contribution in [3.05, 3.63) is 29.8 Å². The number of carbonyl (C=O) groups excluding carboxylic acids is 1. The van der Waals surface area contributed by atoms with Gasteiger partial charge in [0.05, 0.1) is 11.7 Å². The van der Waals surface area contributed by atoms with Crippen LogP contribution in [0.5, 0.6) is 0 Å². The van der Waals surface area contributed by atoms with Gasteiger partial charge in [-0.3, -0.25) is 15.2 Å². The van der Waals surface area contributed by atoms with Gasteiger partial charge in [-0.15, -0.1) is 0 Å². The molecule has 1 aromatic rings. The number of carbonyl (C=O) groups is 1. The highest BCUT2D eigenvalue weighted by Crippen LogP contribution is 2.39. The number of benzene rings is 1. The van der Waals surface area contributed by atoms with Crippen LogP contribution in [-0.2, 0) is 0 Å². The second kappa shape index (κ2) is 8.49. The van der Waals surface area contributed by atoms with Gasteiger partial charge in [0, 0.05) is 25.7 Å². The summed E-state index contributed by atoms with van der Waals surface area (Å²) in [5, 5.41) is 2.99. The molecule has 2 amide bonds. The summed E-state index contributed by atoms with van der Waals surface area (Å²) >= 11 is 0. The molecule has 2 aliphatic carbocycles. The smallest absolute Gasteiger partial charge is 0.300 e. The van der Waals surface area contributed by atoms with E-state index in [2.05, 4.69) is 10.2 Å². The van der Waals surface area contributed by atoms with Gasteiger partial charge in [0.15, 0.2) is 0 Å². The average Bonchev–Trinajstić information content (AvgIpc) is 3.44. The monoisotopic (exact) mass is 430 g/mol. The predicted molar refractivity (Wildman–Crippen MR) is 117 cm³/mol. The molecule has 0 bridgehead atoms. The first-order valence-electron chi connectivity index (χ1n) is 11.9. The highest BCUT2D eigenvalue weighted by Gasteiger charge is 2.55. The fourth-order valence-corrected chi connectivity index (χ4v) is 6.11. The van der Waals surface area contributed by atoms with Crippen molar-refractivity contribution in [1.82, 2.24) is 10.2 Å². The van der Waals surface area contributed by atoms with Crippen molar-refractivity contribution in [1.29, 1.82) is 0 Å². The van der Waals surface area contributed by atoms with E-state index in [1.54, 1.807) is 4.90 Å². The van der Waals surface area contributed by atoms with E-state index < -0.39 is 17.2 Å². The Kier molecular flexibility index (Phi) is 5.71. The number of urea groups is 1. The molecule has 5 nitrogen and oxygen atoms in total. The van der Waals surface area contributed by atoms with Gasteiger partial charge in [-0.25, -0.2) is 13.6 Å². The third-order valence-electron chi connectivity index (χ3n) is 7.61. The molecule has 5 rings (SSSR count). The van der Waals surface area contributed by atoms with Crippen LogP contribution in [0.4, 0.5) is 19.3 Å².